The molecule has 0 saturated heterocycles. The quantitative estimate of drug-likeness (QED) is 0.669. The van der Waals surface area contributed by atoms with Gasteiger partial charge in [-0.3, -0.25) is 4.79 Å². The van der Waals surface area contributed by atoms with E-state index < -0.39 is 0 Å². The van der Waals surface area contributed by atoms with Crippen LogP contribution in [0.5, 0.6) is 0 Å². The Morgan fingerprint density at radius 1 is 1.12 bits per heavy atom. The molecular formula is C19H17BrN4O. The largest absolute Gasteiger partial charge is 0.350 e. The molecule has 0 aliphatic rings. The predicted octanol–water partition coefficient (Wildman–Crippen LogP) is 4.41. The lowest BCUT2D eigenvalue weighted by Crippen LogP contribution is -2.15. The fourth-order valence-corrected chi connectivity index (χ4v) is 2.51. The highest BCUT2D eigenvalue weighted by Gasteiger charge is 2.10. The maximum Gasteiger partial charge on any atom is 0.274 e. The molecule has 1 aromatic heterocycles. The summed E-state index contributed by atoms with van der Waals surface area (Å²) in [5, 5.41) is 5.98. The monoisotopic (exact) mass is 396 g/mol. The molecule has 0 bridgehead atoms. The van der Waals surface area contributed by atoms with Gasteiger partial charge in [-0.1, -0.05) is 46.3 Å². The van der Waals surface area contributed by atoms with Crippen molar-refractivity contribution >= 4 is 33.5 Å². The summed E-state index contributed by atoms with van der Waals surface area (Å²) in [4.78, 5) is 20.8. The van der Waals surface area contributed by atoms with Crippen molar-refractivity contribution in [1.82, 2.24) is 9.97 Å². The van der Waals surface area contributed by atoms with Crippen LogP contribution in [-0.4, -0.2) is 15.9 Å². The predicted molar refractivity (Wildman–Crippen MR) is 103 cm³/mol. The molecule has 2 aromatic carbocycles. The lowest BCUT2D eigenvalue weighted by molar-refractivity contribution is 0.102. The van der Waals surface area contributed by atoms with Crippen molar-refractivity contribution in [3.63, 3.8) is 0 Å². The summed E-state index contributed by atoms with van der Waals surface area (Å²) in [7, 11) is 0. The highest BCUT2D eigenvalue weighted by Crippen LogP contribution is 2.20. The number of aromatic nitrogens is 2. The van der Waals surface area contributed by atoms with Gasteiger partial charge in [0.05, 0.1) is 0 Å². The number of halogens is 1. The van der Waals surface area contributed by atoms with Gasteiger partial charge < -0.3 is 10.6 Å². The molecule has 5 nitrogen and oxygen atoms in total. The molecule has 3 aromatic rings. The van der Waals surface area contributed by atoms with Crippen molar-refractivity contribution in [3.05, 3.63) is 82.1 Å². The summed E-state index contributed by atoms with van der Waals surface area (Å²) in [6.45, 7) is 2.56. The van der Waals surface area contributed by atoms with E-state index in [0.717, 1.165) is 21.3 Å². The van der Waals surface area contributed by atoms with Gasteiger partial charge in [0, 0.05) is 22.9 Å². The van der Waals surface area contributed by atoms with Crippen molar-refractivity contribution in [2.75, 3.05) is 10.6 Å². The first-order valence-corrected chi connectivity index (χ1v) is 8.59. The highest BCUT2D eigenvalue weighted by atomic mass is 79.9. The molecule has 0 atom stereocenters. The minimum atomic E-state index is -0.271. The zero-order valence-electron chi connectivity index (χ0n) is 13.7. The normalized spacial score (nSPS) is 10.3. The molecule has 0 aliphatic heterocycles. The molecule has 25 heavy (non-hydrogen) atoms. The van der Waals surface area contributed by atoms with Crippen molar-refractivity contribution < 1.29 is 4.79 Å². The zero-order chi connectivity index (χ0) is 17.6. The van der Waals surface area contributed by atoms with Crippen LogP contribution in [-0.2, 0) is 6.54 Å². The van der Waals surface area contributed by atoms with Gasteiger partial charge in [-0.05, 0) is 42.3 Å². The van der Waals surface area contributed by atoms with Crippen LogP contribution in [0.1, 0.15) is 21.6 Å². The van der Waals surface area contributed by atoms with Crippen LogP contribution in [0.4, 0.5) is 11.6 Å². The second kappa shape index (κ2) is 7.90. The second-order valence-corrected chi connectivity index (χ2v) is 6.38. The first-order valence-electron chi connectivity index (χ1n) is 7.80. The van der Waals surface area contributed by atoms with Crippen LogP contribution in [0.25, 0.3) is 0 Å². The van der Waals surface area contributed by atoms with Crippen LogP contribution in [0.2, 0.25) is 0 Å². The molecule has 0 radical (unpaired) electrons. The second-order valence-electron chi connectivity index (χ2n) is 5.52. The lowest BCUT2D eigenvalue weighted by Gasteiger charge is -2.08. The van der Waals surface area contributed by atoms with Gasteiger partial charge in [0.1, 0.15) is 5.69 Å². The van der Waals surface area contributed by atoms with Gasteiger partial charge in [0.25, 0.3) is 5.91 Å². The Morgan fingerprint density at radius 3 is 2.68 bits per heavy atom. The van der Waals surface area contributed by atoms with Gasteiger partial charge in [0.2, 0.25) is 5.95 Å². The molecule has 6 heteroatoms. The fourth-order valence-electron chi connectivity index (χ4n) is 2.26. The summed E-state index contributed by atoms with van der Waals surface area (Å²) in [5.74, 6) is 0.148. The zero-order valence-corrected chi connectivity index (χ0v) is 15.2. The van der Waals surface area contributed by atoms with Crippen LogP contribution in [0, 0.1) is 6.92 Å². The minimum Gasteiger partial charge on any atom is -0.350 e. The van der Waals surface area contributed by atoms with Gasteiger partial charge in [-0.15, -0.1) is 0 Å². The summed E-state index contributed by atoms with van der Waals surface area (Å²) >= 11 is 3.44. The maximum atomic E-state index is 12.4. The van der Waals surface area contributed by atoms with Gasteiger partial charge in [-0.25, -0.2) is 9.97 Å². The number of rotatable bonds is 5. The number of benzene rings is 2. The average Bonchev–Trinajstić information content (AvgIpc) is 2.64. The summed E-state index contributed by atoms with van der Waals surface area (Å²) in [6, 6.07) is 17.2. The Labute approximate surface area is 154 Å². The third kappa shape index (κ3) is 4.64. The van der Waals surface area contributed by atoms with Crippen molar-refractivity contribution in [3.8, 4) is 0 Å². The maximum absolute atomic E-state index is 12.4. The molecule has 1 heterocycles. The Morgan fingerprint density at radius 2 is 1.92 bits per heavy atom. The van der Waals surface area contributed by atoms with Crippen LogP contribution in [0.3, 0.4) is 0 Å². The summed E-state index contributed by atoms with van der Waals surface area (Å²) < 4.78 is 1.000. The van der Waals surface area contributed by atoms with E-state index in [9.17, 15) is 4.79 Å². The Balaban J connectivity index is 1.67. The number of carbonyl (C=O) groups excluding carboxylic acids is 1. The summed E-state index contributed by atoms with van der Waals surface area (Å²) in [5.41, 5.74) is 3.20. The lowest BCUT2D eigenvalue weighted by atomic mass is 10.2. The fraction of sp³-hybridized carbons (Fsp3) is 0.105. The Kier molecular flexibility index (Phi) is 5.40. The van der Waals surface area contributed by atoms with E-state index in [-0.39, 0.29) is 5.91 Å². The van der Waals surface area contributed by atoms with Crippen LogP contribution >= 0.6 is 15.9 Å². The number of amides is 1. The first kappa shape index (κ1) is 17.1. The molecule has 1 amide bonds. The number of hydrogen-bond donors (Lipinski definition) is 2. The van der Waals surface area contributed by atoms with E-state index in [2.05, 4.69) is 36.5 Å². The third-order valence-electron chi connectivity index (χ3n) is 3.60. The first-order chi connectivity index (χ1) is 12.1. The van der Waals surface area contributed by atoms with E-state index in [1.54, 1.807) is 12.3 Å². The number of carbonyl (C=O) groups is 1. The number of anilines is 2. The Hall–Kier alpha value is -2.73. The molecule has 0 saturated carbocycles. The molecule has 3 rings (SSSR count). The third-order valence-corrected chi connectivity index (χ3v) is 4.49. The smallest absolute Gasteiger partial charge is 0.274 e. The van der Waals surface area contributed by atoms with Crippen LogP contribution < -0.4 is 10.6 Å². The number of nitrogens with one attached hydrogen (secondary N) is 2. The minimum absolute atomic E-state index is 0.271. The molecule has 0 fully saturated rings. The number of nitrogens with zero attached hydrogens (tertiary/aromatic N) is 2. The van der Waals surface area contributed by atoms with E-state index in [4.69, 9.17) is 0 Å². The molecule has 126 valence electrons. The van der Waals surface area contributed by atoms with E-state index in [1.165, 1.54) is 0 Å². The molecule has 0 spiro atoms. The van der Waals surface area contributed by atoms with E-state index in [1.807, 2.05) is 55.5 Å². The van der Waals surface area contributed by atoms with Gasteiger partial charge in [0.15, 0.2) is 0 Å². The number of aryl methyl sites for hydroxylation is 1. The average molecular weight is 397 g/mol. The molecular weight excluding hydrogens is 380 g/mol. The SMILES string of the molecule is Cc1cc(NC(=O)c2ccnc(NCc3ccccc3)n2)ccc1Br. The van der Waals surface area contributed by atoms with Crippen LogP contribution in [0.15, 0.2) is 65.3 Å². The highest BCUT2D eigenvalue weighted by molar-refractivity contribution is 9.10. The standard InChI is InChI=1S/C19H17BrN4O/c1-13-11-15(7-8-16(13)20)23-18(25)17-9-10-21-19(24-17)22-12-14-5-3-2-4-6-14/h2-11H,12H2,1H3,(H,23,25)(H,21,22,24). The molecule has 0 unspecified atom stereocenters. The van der Waals surface area contributed by atoms with Crippen molar-refractivity contribution in [2.45, 2.75) is 13.5 Å². The topological polar surface area (TPSA) is 66.9 Å². The summed E-state index contributed by atoms with van der Waals surface area (Å²) in [6.07, 6.45) is 1.57. The number of hydrogen-bond acceptors (Lipinski definition) is 4. The molecule has 2 N–H and O–H groups in total. The van der Waals surface area contributed by atoms with E-state index >= 15 is 0 Å². The van der Waals surface area contributed by atoms with Crippen molar-refractivity contribution in [2.24, 2.45) is 0 Å². The van der Waals surface area contributed by atoms with E-state index in [0.29, 0.717) is 18.2 Å². The molecule has 0 aliphatic carbocycles. The van der Waals surface area contributed by atoms with Gasteiger partial charge >= 0.3 is 0 Å². The van der Waals surface area contributed by atoms with Crippen molar-refractivity contribution in [1.29, 1.82) is 0 Å². The Bertz CT molecular complexity index is 884. The van der Waals surface area contributed by atoms with Gasteiger partial charge in [-0.2, -0.15) is 0 Å².